The molecular formula is C14H21N3O3. The van der Waals surface area contributed by atoms with Gasteiger partial charge >= 0.3 is 5.69 Å². The van der Waals surface area contributed by atoms with Gasteiger partial charge in [-0.2, -0.15) is 0 Å². The first kappa shape index (κ1) is 14.6. The number of piperidine rings is 1. The van der Waals surface area contributed by atoms with Gasteiger partial charge in [0.25, 0.3) is 0 Å². The first-order chi connectivity index (χ1) is 9.72. The van der Waals surface area contributed by atoms with Crippen LogP contribution in [0.2, 0.25) is 0 Å². The van der Waals surface area contributed by atoms with Crippen molar-refractivity contribution in [3.8, 4) is 5.75 Å². The molecule has 0 unspecified atom stereocenters. The average molecular weight is 279 g/mol. The molecule has 0 aliphatic carbocycles. The second-order valence-electron chi connectivity index (χ2n) is 4.92. The fourth-order valence-electron chi connectivity index (χ4n) is 2.47. The van der Waals surface area contributed by atoms with Gasteiger partial charge in [-0.05, 0) is 50.9 Å². The van der Waals surface area contributed by atoms with Crippen molar-refractivity contribution in [1.29, 1.82) is 0 Å². The van der Waals surface area contributed by atoms with Crippen molar-refractivity contribution in [3.05, 3.63) is 28.3 Å². The summed E-state index contributed by atoms with van der Waals surface area (Å²) in [6, 6.07) is 5.15. The van der Waals surface area contributed by atoms with Crippen LogP contribution in [0.25, 0.3) is 0 Å². The van der Waals surface area contributed by atoms with Gasteiger partial charge in [0.15, 0.2) is 5.75 Å². The number of anilines is 1. The lowest BCUT2D eigenvalue weighted by molar-refractivity contribution is -0.384. The minimum atomic E-state index is -0.379. The number of rotatable bonds is 6. The number of nitrogens with zero attached hydrogens (tertiary/aromatic N) is 1. The van der Waals surface area contributed by atoms with Crippen LogP contribution in [0.1, 0.15) is 19.8 Å². The van der Waals surface area contributed by atoms with Crippen molar-refractivity contribution in [2.75, 3.05) is 31.6 Å². The van der Waals surface area contributed by atoms with Crippen LogP contribution in [0.3, 0.4) is 0 Å². The van der Waals surface area contributed by atoms with Crippen molar-refractivity contribution in [2.45, 2.75) is 19.8 Å². The van der Waals surface area contributed by atoms with E-state index in [1.165, 1.54) is 0 Å². The molecule has 1 aromatic carbocycles. The van der Waals surface area contributed by atoms with Crippen molar-refractivity contribution < 1.29 is 9.66 Å². The largest absolute Gasteiger partial charge is 0.487 e. The molecule has 6 nitrogen and oxygen atoms in total. The lowest BCUT2D eigenvalue weighted by atomic mass is 9.98. The van der Waals surface area contributed by atoms with Crippen LogP contribution in [0, 0.1) is 16.0 Å². The molecule has 2 rings (SSSR count). The van der Waals surface area contributed by atoms with Gasteiger partial charge in [-0.1, -0.05) is 6.07 Å². The predicted molar refractivity (Wildman–Crippen MR) is 78.3 cm³/mol. The Hall–Kier alpha value is -1.82. The standard InChI is InChI=1S/C14H21N3O3/c1-2-20-13-5-3-4-12(14(13)17(18)19)16-10-11-6-8-15-9-7-11/h3-5,11,15-16H,2,6-10H2,1H3. The van der Waals surface area contributed by atoms with Gasteiger partial charge in [0, 0.05) is 6.54 Å². The third-order valence-electron chi connectivity index (χ3n) is 3.52. The zero-order valence-corrected chi connectivity index (χ0v) is 11.7. The monoisotopic (exact) mass is 279 g/mol. The first-order valence-electron chi connectivity index (χ1n) is 7.07. The van der Waals surface area contributed by atoms with E-state index < -0.39 is 0 Å². The molecule has 1 aliphatic heterocycles. The molecule has 110 valence electrons. The Morgan fingerprint density at radius 1 is 1.45 bits per heavy atom. The van der Waals surface area contributed by atoms with Crippen LogP contribution >= 0.6 is 0 Å². The maximum atomic E-state index is 11.2. The Balaban J connectivity index is 2.09. The molecule has 1 heterocycles. The highest BCUT2D eigenvalue weighted by atomic mass is 16.6. The molecule has 1 aliphatic rings. The lowest BCUT2D eigenvalue weighted by Gasteiger charge is -2.23. The molecule has 0 amide bonds. The number of hydrogen-bond acceptors (Lipinski definition) is 5. The summed E-state index contributed by atoms with van der Waals surface area (Å²) in [7, 11) is 0. The van der Waals surface area contributed by atoms with Crippen LogP contribution in [0.5, 0.6) is 5.75 Å². The number of ether oxygens (including phenoxy) is 1. The van der Waals surface area contributed by atoms with E-state index in [-0.39, 0.29) is 10.6 Å². The molecule has 2 N–H and O–H groups in total. The first-order valence-corrected chi connectivity index (χ1v) is 7.07. The molecule has 0 aromatic heterocycles. The van der Waals surface area contributed by atoms with E-state index in [0.29, 0.717) is 24.0 Å². The highest BCUT2D eigenvalue weighted by molar-refractivity contribution is 5.68. The fraction of sp³-hybridized carbons (Fsp3) is 0.571. The van der Waals surface area contributed by atoms with Crippen LogP contribution in [0.4, 0.5) is 11.4 Å². The van der Waals surface area contributed by atoms with Crippen LogP contribution in [-0.4, -0.2) is 31.2 Å². The van der Waals surface area contributed by atoms with Crippen molar-refractivity contribution >= 4 is 11.4 Å². The third kappa shape index (κ3) is 3.60. The van der Waals surface area contributed by atoms with Gasteiger partial charge < -0.3 is 15.4 Å². The maximum absolute atomic E-state index is 11.2. The van der Waals surface area contributed by atoms with Crippen molar-refractivity contribution in [3.63, 3.8) is 0 Å². The number of para-hydroxylation sites is 1. The summed E-state index contributed by atoms with van der Waals surface area (Å²) in [5, 5.41) is 17.8. The SMILES string of the molecule is CCOc1cccc(NCC2CCNCC2)c1[N+](=O)[O-]. The highest BCUT2D eigenvalue weighted by Gasteiger charge is 2.21. The van der Waals surface area contributed by atoms with Gasteiger partial charge in [-0.3, -0.25) is 10.1 Å². The molecule has 6 heteroatoms. The molecule has 1 aromatic rings. The Morgan fingerprint density at radius 2 is 2.20 bits per heavy atom. The fourth-order valence-corrected chi connectivity index (χ4v) is 2.47. The average Bonchev–Trinajstić information content (AvgIpc) is 2.46. The second-order valence-corrected chi connectivity index (χ2v) is 4.92. The van der Waals surface area contributed by atoms with E-state index in [1.807, 2.05) is 6.92 Å². The summed E-state index contributed by atoms with van der Waals surface area (Å²) in [4.78, 5) is 10.9. The topological polar surface area (TPSA) is 76.4 Å². The summed E-state index contributed by atoms with van der Waals surface area (Å²) >= 11 is 0. The number of nitrogens with one attached hydrogen (secondary N) is 2. The molecule has 1 saturated heterocycles. The Labute approximate surface area is 118 Å². The second kappa shape index (κ2) is 7.09. The van der Waals surface area contributed by atoms with Gasteiger partial charge in [0.05, 0.1) is 11.5 Å². The Bertz CT molecular complexity index is 459. The normalized spacial score (nSPS) is 15.8. The Kier molecular flexibility index (Phi) is 5.17. The predicted octanol–water partition coefficient (Wildman–Crippen LogP) is 2.41. The quantitative estimate of drug-likeness (QED) is 0.617. The zero-order chi connectivity index (χ0) is 14.4. The Morgan fingerprint density at radius 3 is 2.85 bits per heavy atom. The number of nitro benzene ring substituents is 1. The van der Waals surface area contributed by atoms with E-state index in [2.05, 4.69) is 10.6 Å². The number of benzene rings is 1. The summed E-state index contributed by atoms with van der Waals surface area (Å²) < 4.78 is 5.34. The van der Waals surface area contributed by atoms with Gasteiger partial charge in [0.2, 0.25) is 0 Å². The zero-order valence-electron chi connectivity index (χ0n) is 11.7. The van der Waals surface area contributed by atoms with Gasteiger partial charge in [-0.25, -0.2) is 0 Å². The van der Waals surface area contributed by atoms with E-state index >= 15 is 0 Å². The molecule has 20 heavy (non-hydrogen) atoms. The number of nitro groups is 1. The highest BCUT2D eigenvalue weighted by Crippen LogP contribution is 2.35. The van der Waals surface area contributed by atoms with E-state index in [1.54, 1.807) is 18.2 Å². The minimum absolute atomic E-state index is 0.0308. The van der Waals surface area contributed by atoms with Crippen molar-refractivity contribution in [2.24, 2.45) is 5.92 Å². The summed E-state index contributed by atoms with van der Waals surface area (Å²) in [6.45, 7) is 5.04. The van der Waals surface area contributed by atoms with E-state index in [4.69, 9.17) is 4.74 Å². The van der Waals surface area contributed by atoms with Crippen LogP contribution in [0.15, 0.2) is 18.2 Å². The molecule has 1 fully saturated rings. The molecular weight excluding hydrogens is 258 g/mol. The minimum Gasteiger partial charge on any atom is -0.487 e. The maximum Gasteiger partial charge on any atom is 0.333 e. The number of hydrogen-bond donors (Lipinski definition) is 2. The molecule has 0 spiro atoms. The summed E-state index contributed by atoms with van der Waals surface area (Å²) in [6.07, 6.45) is 2.21. The summed E-state index contributed by atoms with van der Waals surface area (Å²) in [5.41, 5.74) is 0.572. The van der Waals surface area contributed by atoms with Crippen LogP contribution in [-0.2, 0) is 0 Å². The molecule has 0 saturated carbocycles. The van der Waals surface area contributed by atoms with Crippen LogP contribution < -0.4 is 15.4 Å². The molecule has 0 atom stereocenters. The smallest absolute Gasteiger partial charge is 0.333 e. The third-order valence-corrected chi connectivity index (χ3v) is 3.52. The van der Waals surface area contributed by atoms with E-state index in [0.717, 1.165) is 32.5 Å². The van der Waals surface area contributed by atoms with Gasteiger partial charge in [-0.15, -0.1) is 0 Å². The lowest BCUT2D eigenvalue weighted by Crippen LogP contribution is -2.31. The van der Waals surface area contributed by atoms with Crippen molar-refractivity contribution in [1.82, 2.24) is 5.32 Å². The van der Waals surface area contributed by atoms with Gasteiger partial charge in [0.1, 0.15) is 5.69 Å². The van der Waals surface area contributed by atoms with E-state index in [9.17, 15) is 10.1 Å². The molecule has 0 bridgehead atoms. The summed E-state index contributed by atoms with van der Waals surface area (Å²) in [5.74, 6) is 0.888. The molecule has 0 radical (unpaired) electrons.